The summed E-state index contributed by atoms with van der Waals surface area (Å²) < 4.78 is 24.4. The van der Waals surface area contributed by atoms with Crippen molar-refractivity contribution in [1.82, 2.24) is 19.8 Å². The SMILES string of the molecule is CC1CCN(C(C)CNC(=O)NC2CCN(S(C)(=O)=O)CC2)CC1. The van der Waals surface area contributed by atoms with E-state index < -0.39 is 10.0 Å². The number of carbonyl (C=O) groups excluding carboxylic acids is 1. The third-order valence-electron chi connectivity index (χ3n) is 5.26. The van der Waals surface area contributed by atoms with E-state index in [4.69, 9.17) is 0 Å². The van der Waals surface area contributed by atoms with Crippen LogP contribution in [0.1, 0.15) is 39.5 Å². The molecule has 0 aromatic heterocycles. The molecule has 0 spiro atoms. The zero-order valence-electron chi connectivity index (χ0n) is 15.1. The number of piperidine rings is 2. The number of amides is 2. The molecule has 2 rings (SSSR count). The molecule has 0 aromatic rings. The molecule has 0 aromatic carbocycles. The Morgan fingerprint density at radius 1 is 1.12 bits per heavy atom. The Morgan fingerprint density at radius 2 is 1.71 bits per heavy atom. The van der Waals surface area contributed by atoms with E-state index in [1.165, 1.54) is 23.4 Å². The summed E-state index contributed by atoms with van der Waals surface area (Å²) in [7, 11) is -3.12. The summed E-state index contributed by atoms with van der Waals surface area (Å²) in [5.41, 5.74) is 0. The second-order valence-corrected chi connectivity index (χ2v) is 9.34. The highest BCUT2D eigenvalue weighted by molar-refractivity contribution is 7.88. The van der Waals surface area contributed by atoms with Crippen molar-refractivity contribution < 1.29 is 13.2 Å². The second kappa shape index (κ2) is 8.49. The lowest BCUT2D eigenvalue weighted by atomic mass is 9.98. The maximum Gasteiger partial charge on any atom is 0.315 e. The Bertz CT molecular complexity index is 509. The van der Waals surface area contributed by atoms with Gasteiger partial charge in [-0.25, -0.2) is 17.5 Å². The number of hydrogen-bond acceptors (Lipinski definition) is 4. The van der Waals surface area contributed by atoms with Crippen molar-refractivity contribution >= 4 is 16.1 Å². The van der Waals surface area contributed by atoms with Crippen molar-refractivity contribution in [1.29, 1.82) is 0 Å². The lowest BCUT2D eigenvalue weighted by molar-refractivity contribution is 0.144. The molecule has 0 saturated carbocycles. The molecule has 2 saturated heterocycles. The first-order chi connectivity index (χ1) is 11.3. The standard InChI is InChI=1S/C16H32N4O3S/c1-13-4-8-19(9-5-13)14(2)12-17-16(21)18-15-6-10-20(11-7-15)24(3,22)23/h13-15H,4-12H2,1-3H3,(H2,17,18,21). The lowest BCUT2D eigenvalue weighted by Gasteiger charge is -2.35. The number of likely N-dealkylation sites (tertiary alicyclic amines) is 1. The quantitative estimate of drug-likeness (QED) is 0.761. The van der Waals surface area contributed by atoms with E-state index in [1.807, 2.05) is 0 Å². The smallest absolute Gasteiger partial charge is 0.315 e. The molecular formula is C16H32N4O3S. The predicted octanol–water partition coefficient (Wildman–Crippen LogP) is 0.830. The number of carbonyl (C=O) groups is 1. The molecule has 140 valence electrons. The fourth-order valence-electron chi connectivity index (χ4n) is 3.41. The zero-order valence-corrected chi connectivity index (χ0v) is 15.9. The van der Waals surface area contributed by atoms with Gasteiger partial charge in [0.25, 0.3) is 0 Å². The molecule has 8 heteroatoms. The summed E-state index contributed by atoms with van der Waals surface area (Å²) in [5.74, 6) is 0.808. The summed E-state index contributed by atoms with van der Waals surface area (Å²) in [6.07, 6.45) is 5.03. The zero-order chi connectivity index (χ0) is 17.7. The minimum atomic E-state index is -3.12. The molecule has 0 aliphatic carbocycles. The van der Waals surface area contributed by atoms with Crippen LogP contribution in [0, 0.1) is 5.92 Å². The largest absolute Gasteiger partial charge is 0.337 e. The fraction of sp³-hybridized carbons (Fsp3) is 0.938. The maximum absolute atomic E-state index is 12.1. The highest BCUT2D eigenvalue weighted by Gasteiger charge is 2.26. The van der Waals surface area contributed by atoms with E-state index in [0.29, 0.717) is 38.5 Å². The second-order valence-electron chi connectivity index (χ2n) is 7.36. The van der Waals surface area contributed by atoms with Crippen LogP contribution in [0.25, 0.3) is 0 Å². The Morgan fingerprint density at radius 3 is 2.25 bits per heavy atom. The monoisotopic (exact) mass is 360 g/mol. The van der Waals surface area contributed by atoms with Crippen molar-refractivity contribution in [2.45, 2.75) is 51.6 Å². The number of hydrogen-bond donors (Lipinski definition) is 2. The van der Waals surface area contributed by atoms with Crippen LogP contribution in [0.15, 0.2) is 0 Å². The lowest BCUT2D eigenvalue weighted by Crippen LogP contribution is -2.51. The van der Waals surface area contributed by atoms with Crippen molar-refractivity contribution in [2.75, 3.05) is 39.0 Å². The van der Waals surface area contributed by atoms with Gasteiger partial charge in [0, 0.05) is 31.7 Å². The molecule has 2 aliphatic rings. The fourth-order valence-corrected chi connectivity index (χ4v) is 4.28. The van der Waals surface area contributed by atoms with E-state index in [0.717, 1.165) is 19.0 Å². The molecule has 2 amide bonds. The van der Waals surface area contributed by atoms with Gasteiger partial charge >= 0.3 is 6.03 Å². The average Bonchev–Trinajstić information content (AvgIpc) is 2.53. The Hall–Kier alpha value is -0.860. The minimum Gasteiger partial charge on any atom is -0.337 e. The highest BCUT2D eigenvalue weighted by atomic mass is 32.2. The summed E-state index contributed by atoms with van der Waals surface area (Å²) in [6, 6.07) is 0.245. The van der Waals surface area contributed by atoms with E-state index in [-0.39, 0.29) is 12.1 Å². The van der Waals surface area contributed by atoms with Crippen LogP contribution < -0.4 is 10.6 Å². The van der Waals surface area contributed by atoms with Gasteiger partial charge in [-0.05, 0) is 51.6 Å². The third kappa shape index (κ3) is 5.89. The molecule has 2 aliphatic heterocycles. The van der Waals surface area contributed by atoms with Gasteiger partial charge in [-0.1, -0.05) is 6.92 Å². The number of nitrogens with one attached hydrogen (secondary N) is 2. The van der Waals surface area contributed by atoms with Crippen LogP contribution >= 0.6 is 0 Å². The topological polar surface area (TPSA) is 81.8 Å². The van der Waals surface area contributed by atoms with Crippen LogP contribution in [-0.2, 0) is 10.0 Å². The van der Waals surface area contributed by atoms with Crippen molar-refractivity contribution in [3.05, 3.63) is 0 Å². The van der Waals surface area contributed by atoms with Gasteiger partial charge in [0.15, 0.2) is 0 Å². The molecule has 24 heavy (non-hydrogen) atoms. The number of sulfonamides is 1. The van der Waals surface area contributed by atoms with Crippen LogP contribution in [0.3, 0.4) is 0 Å². The van der Waals surface area contributed by atoms with Gasteiger partial charge in [-0.2, -0.15) is 0 Å². The molecule has 1 unspecified atom stereocenters. The summed E-state index contributed by atoms with van der Waals surface area (Å²) in [4.78, 5) is 14.5. The maximum atomic E-state index is 12.1. The Kier molecular flexibility index (Phi) is 6.88. The summed E-state index contributed by atoms with van der Waals surface area (Å²) >= 11 is 0. The van der Waals surface area contributed by atoms with Crippen LogP contribution in [-0.4, -0.2) is 74.7 Å². The van der Waals surface area contributed by atoms with Gasteiger partial charge in [-0.15, -0.1) is 0 Å². The van der Waals surface area contributed by atoms with Gasteiger partial charge in [0.05, 0.1) is 6.26 Å². The molecule has 2 N–H and O–H groups in total. The van der Waals surface area contributed by atoms with Crippen molar-refractivity contribution in [2.24, 2.45) is 5.92 Å². The third-order valence-corrected chi connectivity index (χ3v) is 6.56. The summed E-state index contributed by atoms with van der Waals surface area (Å²) in [6.45, 7) is 8.26. The minimum absolute atomic E-state index is 0.0501. The molecule has 2 heterocycles. The van der Waals surface area contributed by atoms with E-state index in [1.54, 1.807) is 0 Å². The van der Waals surface area contributed by atoms with Crippen LogP contribution in [0.5, 0.6) is 0 Å². The highest BCUT2D eigenvalue weighted by Crippen LogP contribution is 2.17. The van der Waals surface area contributed by atoms with Crippen LogP contribution in [0.4, 0.5) is 4.79 Å². The van der Waals surface area contributed by atoms with Gasteiger partial charge in [0.2, 0.25) is 10.0 Å². The van der Waals surface area contributed by atoms with E-state index in [9.17, 15) is 13.2 Å². The van der Waals surface area contributed by atoms with Crippen LogP contribution in [0.2, 0.25) is 0 Å². The van der Waals surface area contributed by atoms with Gasteiger partial charge in [0.1, 0.15) is 0 Å². The van der Waals surface area contributed by atoms with Crippen molar-refractivity contribution in [3.8, 4) is 0 Å². The van der Waals surface area contributed by atoms with Gasteiger partial charge < -0.3 is 10.6 Å². The first-order valence-electron chi connectivity index (χ1n) is 8.99. The van der Waals surface area contributed by atoms with E-state index in [2.05, 4.69) is 29.4 Å². The van der Waals surface area contributed by atoms with Crippen molar-refractivity contribution in [3.63, 3.8) is 0 Å². The number of urea groups is 1. The number of rotatable bonds is 5. The first kappa shape index (κ1) is 19.5. The molecule has 2 fully saturated rings. The molecule has 0 bridgehead atoms. The predicted molar refractivity (Wildman–Crippen MR) is 95.4 cm³/mol. The molecular weight excluding hydrogens is 328 g/mol. The van der Waals surface area contributed by atoms with E-state index >= 15 is 0 Å². The summed E-state index contributed by atoms with van der Waals surface area (Å²) in [5, 5.41) is 5.92. The average molecular weight is 361 g/mol. The molecule has 0 radical (unpaired) electrons. The van der Waals surface area contributed by atoms with Gasteiger partial charge in [-0.3, -0.25) is 4.90 Å². The normalized spacial score (nSPS) is 23.8. The molecule has 1 atom stereocenters. The first-order valence-corrected chi connectivity index (χ1v) is 10.8. The Balaban J connectivity index is 1.65. The molecule has 7 nitrogen and oxygen atoms in total. The Labute approximate surface area is 146 Å². The number of nitrogens with zero attached hydrogens (tertiary/aromatic N) is 2.